The SMILES string of the molecule is CCCOCC(=O)Nc1cc(OC)c(OC)cc1N. The summed E-state index contributed by atoms with van der Waals surface area (Å²) in [5, 5.41) is 2.67. The number of carbonyl (C=O) groups excluding carboxylic acids is 1. The molecule has 6 heteroatoms. The van der Waals surface area contributed by atoms with Crippen LogP contribution in [0.2, 0.25) is 0 Å². The molecule has 0 saturated carbocycles. The van der Waals surface area contributed by atoms with E-state index in [2.05, 4.69) is 5.32 Å². The Labute approximate surface area is 112 Å². The number of amides is 1. The van der Waals surface area contributed by atoms with Gasteiger partial charge >= 0.3 is 0 Å². The molecule has 6 nitrogen and oxygen atoms in total. The summed E-state index contributed by atoms with van der Waals surface area (Å²) in [5.74, 6) is 0.758. The van der Waals surface area contributed by atoms with Crippen LogP contribution in [-0.4, -0.2) is 33.3 Å². The largest absolute Gasteiger partial charge is 0.493 e. The van der Waals surface area contributed by atoms with Crippen LogP contribution in [0.15, 0.2) is 12.1 Å². The maximum Gasteiger partial charge on any atom is 0.250 e. The normalized spacial score (nSPS) is 10.1. The molecule has 1 rings (SSSR count). The Kier molecular flexibility index (Phi) is 5.95. The maximum absolute atomic E-state index is 11.6. The molecule has 0 atom stereocenters. The Bertz CT molecular complexity index is 435. The van der Waals surface area contributed by atoms with E-state index in [9.17, 15) is 4.79 Å². The molecule has 0 saturated heterocycles. The van der Waals surface area contributed by atoms with E-state index in [1.54, 1.807) is 12.1 Å². The maximum atomic E-state index is 11.6. The van der Waals surface area contributed by atoms with Gasteiger partial charge in [-0.1, -0.05) is 6.92 Å². The van der Waals surface area contributed by atoms with E-state index in [0.717, 1.165) is 6.42 Å². The van der Waals surface area contributed by atoms with E-state index >= 15 is 0 Å². The summed E-state index contributed by atoms with van der Waals surface area (Å²) in [7, 11) is 3.04. The molecule has 1 amide bonds. The summed E-state index contributed by atoms with van der Waals surface area (Å²) in [6.07, 6.45) is 0.867. The van der Waals surface area contributed by atoms with Crippen molar-refractivity contribution in [3.05, 3.63) is 12.1 Å². The van der Waals surface area contributed by atoms with Crippen LogP contribution in [0.3, 0.4) is 0 Å². The van der Waals surface area contributed by atoms with Crippen molar-refractivity contribution in [1.82, 2.24) is 0 Å². The molecule has 0 aliphatic heterocycles. The van der Waals surface area contributed by atoms with Crippen LogP contribution in [0.4, 0.5) is 11.4 Å². The molecule has 0 radical (unpaired) electrons. The van der Waals surface area contributed by atoms with Crippen molar-refractivity contribution in [3.63, 3.8) is 0 Å². The molecule has 0 aromatic heterocycles. The summed E-state index contributed by atoms with van der Waals surface area (Å²) in [6.45, 7) is 2.53. The number of nitrogens with one attached hydrogen (secondary N) is 1. The number of methoxy groups -OCH3 is 2. The van der Waals surface area contributed by atoms with Gasteiger partial charge in [0.05, 0.1) is 25.6 Å². The summed E-state index contributed by atoms with van der Waals surface area (Å²) < 4.78 is 15.4. The van der Waals surface area contributed by atoms with E-state index in [1.165, 1.54) is 14.2 Å². The average Bonchev–Trinajstić information content (AvgIpc) is 2.40. The second-order valence-corrected chi connectivity index (χ2v) is 3.90. The fourth-order valence-electron chi connectivity index (χ4n) is 1.50. The lowest BCUT2D eigenvalue weighted by Gasteiger charge is -2.13. The van der Waals surface area contributed by atoms with Crippen molar-refractivity contribution in [2.75, 3.05) is 38.5 Å². The van der Waals surface area contributed by atoms with Gasteiger partial charge in [0.15, 0.2) is 11.5 Å². The first-order chi connectivity index (χ1) is 9.12. The van der Waals surface area contributed by atoms with Gasteiger partial charge in [-0.25, -0.2) is 0 Å². The Balaban J connectivity index is 2.75. The third-order valence-electron chi connectivity index (χ3n) is 2.41. The number of nitrogen functional groups attached to an aromatic ring is 1. The molecule has 1 aromatic carbocycles. The van der Waals surface area contributed by atoms with Gasteiger partial charge < -0.3 is 25.3 Å². The number of hydrogen-bond donors (Lipinski definition) is 2. The number of carbonyl (C=O) groups is 1. The zero-order valence-electron chi connectivity index (χ0n) is 11.5. The standard InChI is InChI=1S/C13H20N2O4/c1-4-5-19-8-13(16)15-10-7-12(18-3)11(17-2)6-9(10)14/h6-7H,4-5,8,14H2,1-3H3,(H,15,16). The van der Waals surface area contributed by atoms with Crippen LogP contribution in [0.1, 0.15) is 13.3 Å². The molecule has 106 valence electrons. The van der Waals surface area contributed by atoms with Crippen LogP contribution in [0.25, 0.3) is 0 Å². The lowest BCUT2D eigenvalue weighted by atomic mass is 10.2. The van der Waals surface area contributed by atoms with Gasteiger partial charge in [0.25, 0.3) is 0 Å². The number of rotatable bonds is 7. The molecule has 0 spiro atoms. The van der Waals surface area contributed by atoms with Gasteiger partial charge in [-0.3, -0.25) is 4.79 Å². The highest BCUT2D eigenvalue weighted by molar-refractivity contribution is 5.95. The summed E-state index contributed by atoms with van der Waals surface area (Å²) >= 11 is 0. The number of benzene rings is 1. The first-order valence-electron chi connectivity index (χ1n) is 6.01. The molecule has 0 aliphatic carbocycles. The van der Waals surface area contributed by atoms with Crippen LogP contribution in [-0.2, 0) is 9.53 Å². The van der Waals surface area contributed by atoms with E-state index < -0.39 is 0 Å². The smallest absolute Gasteiger partial charge is 0.250 e. The van der Waals surface area contributed by atoms with Crippen molar-refractivity contribution < 1.29 is 19.0 Å². The highest BCUT2D eigenvalue weighted by Gasteiger charge is 2.11. The molecule has 0 bridgehead atoms. The minimum atomic E-state index is -0.257. The van der Waals surface area contributed by atoms with Crippen molar-refractivity contribution in [2.24, 2.45) is 0 Å². The highest BCUT2D eigenvalue weighted by Crippen LogP contribution is 2.34. The van der Waals surface area contributed by atoms with Crippen LogP contribution in [0, 0.1) is 0 Å². The van der Waals surface area contributed by atoms with Crippen molar-refractivity contribution in [2.45, 2.75) is 13.3 Å². The fourth-order valence-corrected chi connectivity index (χ4v) is 1.50. The van der Waals surface area contributed by atoms with Crippen molar-refractivity contribution in [1.29, 1.82) is 0 Å². The zero-order chi connectivity index (χ0) is 14.3. The Morgan fingerprint density at radius 3 is 2.47 bits per heavy atom. The van der Waals surface area contributed by atoms with Crippen LogP contribution in [0.5, 0.6) is 11.5 Å². The van der Waals surface area contributed by atoms with Gasteiger partial charge in [-0.05, 0) is 6.42 Å². The predicted molar refractivity (Wildman–Crippen MR) is 73.7 cm³/mol. The highest BCUT2D eigenvalue weighted by atomic mass is 16.5. The lowest BCUT2D eigenvalue weighted by molar-refractivity contribution is -0.120. The van der Waals surface area contributed by atoms with Gasteiger partial charge in [0, 0.05) is 18.7 Å². The number of nitrogens with two attached hydrogens (primary N) is 1. The lowest BCUT2D eigenvalue weighted by Crippen LogP contribution is -2.19. The second-order valence-electron chi connectivity index (χ2n) is 3.90. The Morgan fingerprint density at radius 2 is 1.89 bits per heavy atom. The summed E-state index contributed by atoms with van der Waals surface area (Å²) in [5.41, 5.74) is 6.71. The first-order valence-corrected chi connectivity index (χ1v) is 6.01. The quantitative estimate of drug-likeness (QED) is 0.580. The van der Waals surface area contributed by atoms with Crippen LogP contribution < -0.4 is 20.5 Å². The van der Waals surface area contributed by atoms with E-state index in [-0.39, 0.29) is 12.5 Å². The predicted octanol–water partition coefficient (Wildman–Crippen LogP) is 1.65. The molecule has 19 heavy (non-hydrogen) atoms. The van der Waals surface area contributed by atoms with Gasteiger partial charge in [-0.15, -0.1) is 0 Å². The molecular weight excluding hydrogens is 248 g/mol. The van der Waals surface area contributed by atoms with E-state index in [4.69, 9.17) is 19.9 Å². The van der Waals surface area contributed by atoms with Gasteiger partial charge in [0.2, 0.25) is 5.91 Å². The second kappa shape index (κ2) is 7.48. The molecule has 1 aromatic rings. The van der Waals surface area contributed by atoms with Crippen molar-refractivity contribution >= 4 is 17.3 Å². The fraction of sp³-hybridized carbons (Fsp3) is 0.462. The van der Waals surface area contributed by atoms with E-state index in [1.807, 2.05) is 6.92 Å². The molecule has 0 heterocycles. The molecular formula is C13H20N2O4. The minimum absolute atomic E-state index is 0.00161. The molecule has 3 N–H and O–H groups in total. The average molecular weight is 268 g/mol. The molecule has 0 unspecified atom stereocenters. The Hall–Kier alpha value is -1.95. The van der Waals surface area contributed by atoms with Gasteiger partial charge in [0.1, 0.15) is 6.61 Å². The van der Waals surface area contributed by atoms with E-state index in [0.29, 0.717) is 29.5 Å². The third kappa shape index (κ3) is 4.33. The number of ether oxygens (including phenoxy) is 3. The number of hydrogen-bond acceptors (Lipinski definition) is 5. The monoisotopic (exact) mass is 268 g/mol. The van der Waals surface area contributed by atoms with Crippen LogP contribution >= 0.6 is 0 Å². The number of anilines is 2. The summed E-state index contributed by atoms with van der Waals surface area (Å²) in [4.78, 5) is 11.6. The summed E-state index contributed by atoms with van der Waals surface area (Å²) in [6, 6.07) is 3.22. The third-order valence-corrected chi connectivity index (χ3v) is 2.41. The molecule has 0 aliphatic rings. The van der Waals surface area contributed by atoms with Crippen molar-refractivity contribution in [3.8, 4) is 11.5 Å². The first kappa shape index (κ1) is 15.1. The topological polar surface area (TPSA) is 82.8 Å². The van der Waals surface area contributed by atoms with Gasteiger partial charge in [-0.2, -0.15) is 0 Å². The molecule has 0 fully saturated rings. The minimum Gasteiger partial charge on any atom is -0.493 e. The zero-order valence-corrected chi connectivity index (χ0v) is 11.5. The Morgan fingerprint density at radius 1 is 1.26 bits per heavy atom.